The number of sulfonamides is 1. The van der Waals surface area contributed by atoms with Crippen LogP contribution >= 0.6 is 15.9 Å². The molecule has 7 heteroatoms. The van der Waals surface area contributed by atoms with Crippen LogP contribution in [-0.4, -0.2) is 20.9 Å². The van der Waals surface area contributed by atoms with E-state index >= 15 is 0 Å². The van der Waals surface area contributed by atoms with Crippen LogP contribution in [0.4, 0.5) is 5.69 Å². The molecule has 1 amide bonds. The Morgan fingerprint density at radius 1 is 1.12 bits per heavy atom. The Kier molecular flexibility index (Phi) is 6.61. The Hall–Kier alpha value is -1.86. The third-order valence-corrected chi connectivity index (χ3v) is 5.42. The van der Waals surface area contributed by atoms with Crippen LogP contribution in [0.3, 0.4) is 0 Å². The monoisotopic (exact) mass is 424 g/mol. The first-order valence-corrected chi connectivity index (χ1v) is 10.2. The molecular weight excluding hydrogens is 404 g/mol. The van der Waals surface area contributed by atoms with E-state index in [2.05, 4.69) is 39.8 Å². The van der Waals surface area contributed by atoms with E-state index < -0.39 is 10.0 Å². The fourth-order valence-electron chi connectivity index (χ4n) is 2.11. The highest BCUT2D eigenvalue weighted by molar-refractivity contribution is 9.10. The summed E-state index contributed by atoms with van der Waals surface area (Å²) in [5.74, 6) is 0.212. The lowest BCUT2D eigenvalue weighted by Crippen LogP contribution is -2.25. The number of anilines is 1. The molecule has 2 aromatic carbocycles. The molecule has 0 aliphatic heterocycles. The molecule has 134 valence electrons. The van der Waals surface area contributed by atoms with Crippen LogP contribution in [0.15, 0.2) is 57.9 Å². The summed E-state index contributed by atoms with van der Waals surface area (Å²) >= 11 is 3.30. The maximum absolute atomic E-state index is 12.5. The number of carbonyl (C=O) groups excluding carboxylic acids is 1. The van der Waals surface area contributed by atoms with Gasteiger partial charge in [0.15, 0.2) is 0 Å². The van der Waals surface area contributed by atoms with E-state index in [-0.39, 0.29) is 10.8 Å². The Morgan fingerprint density at radius 3 is 2.44 bits per heavy atom. The second kappa shape index (κ2) is 8.49. The van der Waals surface area contributed by atoms with E-state index in [4.69, 9.17) is 0 Å². The summed E-state index contributed by atoms with van der Waals surface area (Å²) in [6.45, 7) is 4.71. The largest absolute Gasteiger partial charge is 0.352 e. The van der Waals surface area contributed by atoms with Gasteiger partial charge in [0, 0.05) is 22.3 Å². The maximum Gasteiger partial charge on any atom is 0.261 e. The van der Waals surface area contributed by atoms with E-state index in [9.17, 15) is 13.2 Å². The van der Waals surface area contributed by atoms with Crippen LogP contribution < -0.4 is 10.0 Å². The SMILES string of the molecule is CC(C)CCNC(=O)c1cccc(S(=O)(=O)Nc2ccc(Br)cc2)c1. The van der Waals surface area contributed by atoms with Crippen molar-refractivity contribution in [3.8, 4) is 0 Å². The molecule has 0 saturated heterocycles. The molecule has 0 bridgehead atoms. The predicted molar refractivity (Wildman–Crippen MR) is 103 cm³/mol. The van der Waals surface area contributed by atoms with Crippen molar-refractivity contribution in [2.24, 2.45) is 5.92 Å². The minimum Gasteiger partial charge on any atom is -0.352 e. The van der Waals surface area contributed by atoms with Gasteiger partial charge in [-0.2, -0.15) is 0 Å². The van der Waals surface area contributed by atoms with Gasteiger partial charge in [0.25, 0.3) is 15.9 Å². The summed E-state index contributed by atoms with van der Waals surface area (Å²) in [7, 11) is -3.76. The van der Waals surface area contributed by atoms with Crippen LogP contribution in [0.25, 0.3) is 0 Å². The molecule has 2 N–H and O–H groups in total. The van der Waals surface area contributed by atoms with Gasteiger partial charge in [0.1, 0.15) is 0 Å². The van der Waals surface area contributed by atoms with Crippen molar-refractivity contribution in [1.29, 1.82) is 0 Å². The molecule has 0 unspecified atom stereocenters. The van der Waals surface area contributed by atoms with Crippen molar-refractivity contribution in [3.63, 3.8) is 0 Å². The standard InChI is InChI=1S/C18H21BrN2O3S/c1-13(2)10-11-20-18(22)14-4-3-5-17(12-14)25(23,24)21-16-8-6-15(19)7-9-16/h3-9,12-13,21H,10-11H2,1-2H3,(H,20,22). The van der Waals surface area contributed by atoms with Crippen LogP contribution in [0.5, 0.6) is 0 Å². The Bertz CT molecular complexity index is 834. The van der Waals surface area contributed by atoms with Gasteiger partial charge >= 0.3 is 0 Å². The first-order chi connectivity index (χ1) is 11.8. The van der Waals surface area contributed by atoms with Crippen molar-refractivity contribution in [1.82, 2.24) is 5.32 Å². The van der Waals surface area contributed by atoms with Gasteiger partial charge < -0.3 is 5.32 Å². The topological polar surface area (TPSA) is 75.3 Å². The van der Waals surface area contributed by atoms with Crippen molar-refractivity contribution >= 4 is 37.5 Å². The van der Waals surface area contributed by atoms with Gasteiger partial charge in [-0.1, -0.05) is 35.8 Å². The van der Waals surface area contributed by atoms with Gasteiger partial charge in [-0.05, 0) is 54.8 Å². The van der Waals surface area contributed by atoms with Gasteiger partial charge in [0.2, 0.25) is 0 Å². The van der Waals surface area contributed by atoms with Gasteiger partial charge in [-0.3, -0.25) is 9.52 Å². The zero-order valence-electron chi connectivity index (χ0n) is 14.1. The average Bonchev–Trinajstić information content (AvgIpc) is 2.56. The molecule has 0 heterocycles. The predicted octanol–water partition coefficient (Wildman–Crippen LogP) is 4.03. The summed E-state index contributed by atoms with van der Waals surface area (Å²) in [5, 5.41) is 2.81. The van der Waals surface area contributed by atoms with Crippen LogP contribution in [0.2, 0.25) is 0 Å². The molecule has 5 nitrogen and oxygen atoms in total. The quantitative estimate of drug-likeness (QED) is 0.704. The maximum atomic E-state index is 12.5. The fraction of sp³-hybridized carbons (Fsp3) is 0.278. The number of nitrogens with one attached hydrogen (secondary N) is 2. The molecule has 2 rings (SSSR count). The lowest BCUT2D eigenvalue weighted by Gasteiger charge is -2.10. The molecule has 0 spiro atoms. The van der Waals surface area contributed by atoms with Gasteiger partial charge in [-0.15, -0.1) is 0 Å². The number of carbonyl (C=O) groups is 1. The average molecular weight is 425 g/mol. The first-order valence-electron chi connectivity index (χ1n) is 7.94. The molecule has 0 aromatic heterocycles. The van der Waals surface area contributed by atoms with Crippen LogP contribution in [0.1, 0.15) is 30.6 Å². The number of hydrogen-bond donors (Lipinski definition) is 2. The second-order valence-electron chi connectivity index (χ2n) is 6.08. The molecule has 0 aliphatic carbocycles. The highest BCUT2D eigenvalue weighted by atomic mass is 79.9. The summed E-state index contributed by atoms with van der Waals surface area (Å²) < 4.78 is 28.4. The number of hydrogen-bond acceptors (Lipinski definition) is 3. The molecule has 0 saturated carbocycles. The zero-order valence-corrected chi connectivity index (χ0v) is 16.5. The van der Waals surface area contributed by atoms with Crippen LogP contribution in [-0.2, 0) is 10.0 Å². The number of halogens is 1. The number of benzene rings is 2. The van der Waals surface area contributed by atoms with Crippen molar-refractivity contribution in [2.75, 3.05) is 11.3 Å². The summed E-state index contributed by atoms with van der Waals surface area (Å²) in [6, 6.07) is 12.8. The van der Waals surface area contributed by atoms with Crippen LogP contribution in [0, 0.1) is 5.92 Å². The smallest absolute Gasteiger partial charge is 0.261 e. The van der Waals surface area contributed by atoms with Crippen molar-refractivity contribution < 1.29 is 13.2 Å². The molecule has 0 radical (unpaired) electrons. The van der Waals surface area contributed by atoms with Gasteiger partial charge in [0.05, 0.1) is 4.90 Å². The Balaban J connectivity index is 2.13. The van der Waals surface area contributed by atoms with Crippen molar-refractivity contribution in [3.05, 3.63) is 58.6 Å². The zero-order chi connectivity index (χ0) is 18.4. The normalized spacial score (nSPS) is 11.4. The fourth-order valence-corrected chi connectivity index (χ4v) is 3.48. The van der Waals surface area contributed by atoms with Crippen molar-refractivity contribution in [2.45, 2.75) is 25.2 Å². The lowest BCUT2D eigenvalue weighted by atomic mass is 10.1. The number of rotatable bonds is 7. The van der Waals surface area contributed by atoms with Gasteiger partial charge in [-0.25, -0.2) is 8.42 Å². The van der Waals surface area contributed by atoms with E-state index in [1.165, 1.54) is 12.1 Å². The highest BCUT2D eigenvalue weighted by Gasteiger charge is 2.16. The molecule has 0 fully saturated rings. The van der Waals surface area contributed by atoms with E-state index in [0.29, 0.717) is 23.7 Å². The Labute approximate surface area is 157 Å². The number of amides is 1. The molecule has 2 aromatic rings. The second-order valence-corrected chi connectivity index (χ2v) is 8.68. The third kappa shape index (κ3) is 5.86. The molecular formula is C18H21BrN2O3S. The molecule has 0 atom stereocenters. The highest BCUT2D eigenvalue weighted by Crippen LogP contribution is 2.19. The summed E-state index contributed by atoms with van der Waals surface area (Å²) in [5.41, 5.74) is 0.775. The summed E-state index contributed by atoms with van der Waals surface area (Å²) in [4.78, 5) is 12.2. The lowest BCUT2D eigenvalue weighted by molar-refractivity contribution is 0.0952. The minimum atomic E-state index is -3.76. The van der Waals surface area contributed by atoms with E-state index in [1.54, 1.807) is 36.4 Å². The first kappa shape index (κ1) is 19.5. The third-order valence-electron chi connectivity index (χ3n) is 3.51. The summed E-state index contributed by atoms with van der Waals surface area (Å²) in [6.07, 6.45) is 0.870. The van der Waals surface area contributed by atoms with E-state index in [0.717, 1.165) is 10.9 Å². The Morgan fingerprint density at radius 2 is 1.80 bits per heavy atom. The molecule has 25 heavy (non-hydrogen) atoms. The van der Waals surface area contributed by atoms with E-state index in [1.807, 2.05) is 0 Å². The molecule has 0 aliphatic rings. The minimum absolute atomic E-state index is 0.0481.